The maximum absolute atomic E-state index is 5.46. The summed E-state index contributed by atoms with van der Waals surface area (Å²) in [5.74, 6) is 0. The molecular formula is C14H14N2S. The Morgan fingerprint density at radius 1 is 1.12 bits per heavy atom. The first-order valence-corrected chi connectivity index (χ1v) is 5.80. The smallest absolute Gasteiger partial charge is 0.168 e. The molecule has 17 heavy (non-hydrogen) atoms. The third-order valence-corrected chi connectivity index (χ3v) is 2.69. The number of thiocarbonyl (C=S) groups is 1. The van der Waals surface area contributed by atoms with Gasteiger partial charge in [0.05, 0.1) is 0 Å². The van der Waals surface area contributed by atoms with Gasteiger partial charge in [-0.05, 0) is 48.0 Å². The molecule has 0 aromatic heterocycles. The van der Waals surface area contributed by atoms with Crippen LogP contribution in [0.25, 0.3) is 11.1 Å². The number of hydrogen-bond donors (Lipinski definition) is 2. The first-order valence-electron chi connectivity index (χ1n) is 5.39. The van der Waals surface area contributed by atoms with Crippen molar-refractivity contribution >= 4 is 23.0 Å². The molecule has 0 aliphatic carbocycles. The monoisotopic (exact) mass is 242 g/mol. The van der Waals surface area contributed by atoms with E-state index in [1.54, 1.807) is 0 Å². The van der Waals surface area contributed by atoms with Gasteiger partial charge in [-0.15, -0.1) is 0 Å². The molecule has 2 aromatic rings. The topological polar surface area (TPSA) is 38.0 Å². The highest BCUT2D eigenvalue weighted by atomic mass is 32.1. The van der Waals surface area contributed by atoms with Crippen molar-refractivity contribution in [3.05, 3.63) is 54.1 Å². The Kier molecular flexibility index (Phi) is 3.40. The van der Waals surface area contributed by atoms with E-state index in [-0.39, 0.29) is 5.11 Å². The Morgan fingerprint density at radius 3 is 2.59 bits per heavy atom. The summed E-state index contributed by atoms with van der Waals surface area (Å²) in [5.41, 5.74) is 10.0. The minimum absolute atomic E-state index is 0.284. The van der Waals surface area contributed by atoms with E-state index in [2.05, 4.69) is 30.4 Å². The van der Waals surface area contributed by atoms with Gasteiger partial charge in [0, 0.05) is 5.69 Å². The van der Waals surface area contributed by atoms with Crippen LogP contribution in [0.5, 0.6) is 0 Å². The lowest BCUT2D eigenvalue weighted by atomic mass is 10.0. The van der Waals surface area contributed by atoms with Crippen molar-refractivity contribution in [3.8, 4) is 11.1 Å². The van der Waals surface area contributed by atoms with Crippen molar-refractivity contribution in [3.63, 3.8) is 0 Å². The molecule has 2 nitrogen and oxygen atoms in total. The number of nitrogens with two attached hydrogens (primary N) is 1. The average molecular weight is 242 g/mol. The van der Waals surface area contributed by atoms with Crippen LogP contribution in [0.3, 0.4) is 0 Å². The van der Waals surface area contributed by atoms with Gasteiger partial charge in [0.1, 0.15) is 0 Å². The lowest BCUT2D eigenvalue weighted by molar-refractivity contribution is 1.46. The van der Waals surface area contributed by atoms with Gasteiger partial charge in [0.25, 0.3) is 0 Å². The van der Waals surface area contributed by atoms with Crippen molar-refractivity contribution in [2.45, 2.75) is 6.92 Å². The van der Waals surface area contributed by atoms with E-state index in [9.17, 15) is 0 Å². The molecule has 3 heteroatoms. The molecule has 0 spiro atoms. The number of anilines is 1. The highest BCUT2D eigenvalue weighted by Crippen LogP contribution is 2.25. The minimum Gasteiger partial charge on any atom is -0.376 e. The number of rotatable bonds is 2. The summed E-state index contributed by atoms with van der Waals surface area (Å²) < 4.78 is 0. The van der Waals surface area contributed by atoms with Crippen LogP contribution in [0, 0.1) is 6.92 Å². The molecule has 86 valence electrons. The maximum atomic E-state index is 5.46. The summed E-state index contributed by atoms with van der Waals surface area (Å²) in [6.07, 6.45) is 0. The molecular weight excluding hydrogens is 228 g/mol. The fourth-order valence-electron chi connectivity index (χ4n) is 1.80. The zero-order valence-corrected chi connectivity index (χ0v) is 10.4. The summed E-state index contributed by atoms with van der Waals surface area (Å²) in [4.78, 5) is 0. The lowest BCUT2D eigenvalue weighted by Crippen LogP contribution is -2.18. The zero-order chi connectivity index (χ0) is 12.3. The van der Waals surface area contributed by atoms with Crippen LogP contribution in [0.4, 0.5) is 5.69 Å². The normalized spacial score (nSPS) is 9.94. The summed E-state index contributed by atoms with van der Waals surface area (Å²) in [6.45, 7) is 2.10. The molecule has 0 atom stereocenters. The summed E-state index contributed by atoms with van der Waals surface area (Å²) in [7, 11) is 0. The van der Waals surface area contributed by atoms with Crippen LogP contribution in [0.15, 0.2) is 48.5 Å². The first-order chi connectivity index (χ1) is 8.16. The Balaban J connectivity index is 2.40. The average Bonchev–Trinajstić information content (AvgIpc) is 2.29. The van der Waals surface area contributed by atoms with Crippen molar-refractivity contribution in [2.75, 3.05) is 5.32 Å². The van der Waals surface area contributed by atoms with Gasteiger partial charge in [-0.2, -0.15) is 0 Å². The van der Waals surface area contributed by atoms with Gasteiger partial charge < -0.3 is 11.1 Å². The van der Waals surface area contributed by atoms with E-state index in [1.807, 2.05) is 30.3 Å². The number of hydrogen-bond acceptors (Lipinski definition) is 1. The molecule has 0 unspecified atom stereocenters. The molecule has 0 saturated heterocycles. The van der Waals surface area contributed by atoms with E-state index >= 15 is 0 Å². The fraction of sp³-hybridized carbons (Fsp3) is 0.0714. The Bertz CT molecular complexity index is 549. The molecule has 0 bridgehead atoms. The van der Waals surface area contributed by atoms with Crippen LogP contribution in [-0.2, 0) is 0 Å². The fourth-order valence-corrected chi connectivity index (χ4v) is 1.92. The predicted octanol–water partition coefficient (Wildman–Crippen LogP) is 3.32. The van der Waals surface area contributed by atoms with Gasteiger partial charge in [-0.1, -0.05) is 36.4 Å². The highest BCUT2D eigenvalue weighted by molar-refractivity contribution is 7.80. The molecule has 2 rings (SSSR count). The highest BCUT2D eigenvalue weighted by Gasteiger charge is 2.02. The second kappa shape index (κ2) is 4.97. The number of benzene rings is 2. The second-order valence-electron chi connectivity index (χ2n) is 3.88. The van der Waals surface area contributed by atoms with Crippen molar-refractivity contribution < 1.29 is 0 Å². The van der Waals surface area contributed by atoms with E-state index in [0.717, 1.165) is 11.3 Å². The third kappa shape index (κ3) is 2.82. The van der Waals surface area contributed by atoms with Gasteiger partial charge >= 0.3 is 0 Å². The SMILES string of the molecule is Cc1ccccc1-c1cccc(NC(N)=S)c1. The minimum atomic E-state index is 0.284. The summed E-state index contributed by atoms with van der Waals surface area (Å²) >= 11 is 4.83. The lowest BCUT2D eigenvalue weighted by Gasteiger charge is -2.09. The quantitative estimate of drug-likeness (QED) is 0.793. The molecule has 2 aromatic carbocycles. The molecule has 0 radical (unpaired) electrons. The largest absolute Gasteiger partial charge is 0.376 e. The van der Waals surface area contributed by atoms with E-state index < -0.39 is 0 Å². The van der Waals surface area contributed by atoms with Crippen molar-refractivity contribution in [2.24, 2.45) is 5.73 Å². The van der Waals surface area contributed by atoms with Gasteiger partial charge in [0.15, 0.2) is 5.11 Å². The standard InChI is InChI=1S/C14H14N2S/c1-10-5-2-3-8-13(10)11-6-4-7-12(9-11)16-14(15)17/h2-9H,1H3,(H3,15,16,17). The van der Waals surface area contributed by atoms with Crippen LogP contribution in [0.2, 0.25) is 0 Å². The van der Waals surface area contributed by atoms with E-state index in [1.165, 1.54) is 11.1 Å². The van der Waals surface area contributed by atoms with Gasteiger partial charge in [-0.3, -0.25) is 0 Å². The predicted molar refractivity (Wildman–Crippen MR) is 77.0 cm³/mol. The van der Waals surface area contributed by atoms with E-state index in [4.69, 9.17) is 18.0 Å². The molecule has 0 amide bonds. The third-order valence-electron chi connectivity index (χ3n) is 2.59. The molecule has 0 heterocycles. The van der Waals surface area contributed by atoms with Gasteiger partial charge in [0.2, 0.25) is 0 Å². The van der Waals surface area contributed by atoms with Gasteiger partial charge in [-0.25, -0.2) is 0 Å². The number of nitrogens with one attached hydrogen (secondary N) is 1. The van der Waals surface area contributed by atoms with Crippen LogP contribution >= 0.6 is 12.2 Å². The second-order valence-corrected chi connectivity index (χ2v) is 4.32. The number of aryl methyl sites for hydroxylation is 1. The Labute approximate surface area is 106 Å². The summed E-state index contributed by atoms with van der Waals surface area (Å²) in [5, 5.41) is 3.23. The maximum Gasteiger partial charge on any atom is 0.168 e. The molecule has 3 N–H and O–H groups in total. The van der Waals surface area contributed by atoms with Crippen LogP contribution in [-0.4, -0.2) is 5.11 Å². The van der Waals surface area contributed by atoms with E-state index in [0.29, 0.717) is 0 Å². The Morgan fingerprint density at radius 2 is 1.88 bits per heavy atom. The Hall–Kier alpha value is -1.87. The summed E-state index contributed by atoms with van der Waals surface area (Å²) in [6, 6.07) is 16.3. The van der Waals surface area contributed by atoms with Crippen LogP contribution < -0.4 is 11.1 Å². The molecule has 0 aliphatic rings. The van der Waals surface area contributed by atoms with Crippen molar-refractivity contribution in [1.29, 1.82) is 0 Å². The van der Waals surface area contributed by atoms with Crippen molar-refractivity contribution in [1.82, 2.24) is 0 Å². The zero-order valence-electron chi connectivity index (χ0n) is 9.60. The first kappa shape index (κ1) is 11.6. The van der Waals surface area contributed by atoms with Crippen LogP contribution in [0.1, 0.15) is 5.56 Å². The molecule has 0 saturated carbocycles. The molecule has 0 fully saturated rings. The molecule has 0 aliphatic heterocycles.